The van der Waals surface area contributed by atoms with E-state index in [0.29, 0.717) is 32.0 Å². The van der Waals surface area contributed by atoms with Crippen LogP contribution in [-0.4, -0.2) is 44.6 Å². The maximum atomic E-state index is 12.2. The van der Waals surface area contributed by atoms with Crippen molar-refractivity contribution in [3.05, 3.63) is 12.2 Å². The van der Waals surface area contributed by atoms with E-state index >= 15 is 0 Å². The third kappa shape index (κ3) is 3.80. The van der Waals surface area contributed by atoms with Crippen LogP contribution in [-0.2, 0) is 22.7 Å². The lowest BCUT2D eigenvalue weighted by atomic mass is 10.1. The lowest BCUT2D eigenvalue weighted by Crippen LogP contribution is -2.34. The molecule has 0 spiro atoms. The van der Waals surface area contributed by atoms with Gasteiger partial charge in [0.2, 0.25) is 11.8 Å². The normalized spacial score (nSPS) is 18.6. The van der Waals surface area contributed by atoms with E-state index in [1.165, 1.54) is 0 Å². The van der Waals surface area contributed by atoms with Crippen molar-refractivity contribution < 1.29 is 9.59 Å². The molecule has 0 bridgehead atoms. The summed E-state index contributed by atoms with van der Waals surface area (Å²) < 4.78 is 1.88. The molecule has 1 atom stereocenters. The first-order valence-corrected chi connectivity index (χ1v) is 7.43. The zero-order valence-electron chi connectivity index (χ0n) is 12.9. The first-order chi connectivity index (χ1) is 10.0. The predicted octanol–water partition coefficient (Wildman–Crippen LogP) is 0.419. The minimum Gasteiger partial charge on any atom is -0.348 e. The van der Waals surface area contributed by atoms with Crippen LogP contribution in [0, 0.1) is 11.8 Å². The third-order valence-corrected chi connectivity index (χ3v) is 3.63. The number of hydrogen-bond acceptors (Lipinski definition) is 4. The Hall–Kier alpha value is -1.92. The van der Waals surface area contributed by atoms with Crippen LogP contribution in [0.5, 0.6) is 0 Å². The number of nitrogens with zero attached hydrogens (tertiary/aromatic N) is 4. The molecule has 7 heteroatoms. The molecule has 0 radical (unpaired) electrons. The second-order valence-electron chi connectivity index (χ2n) is 5.84. The maximum Gasteiger partial charge on any atom is 0.225 e. The van der Waals surface area contributed by atoms with Crippen LogP contribution in [0.25, 0.3) is 0 Å². The zero-order chi connectivity index (χ0) is 15.4. The Morgan fingerprint density at radius 2 is 2.29 bits per heavy atom. The lowest BCUT2D eigenvalue weighted by molar-refractivity contribution is -0.129. The minimum atomic E-state index is -0.255. The van der Waals surface area contributed by atoms with E-state index in [-0.39, 0.29) is 17.7 Å². The summed E-state index contributed by atoms with van der Waals surface area (Å²) in [6.45, 7) is 8.48. The molecule has 1 N–H and O–H groups in total. The molecule has 1 aliphatic heterocycles. The smallest absolute Gasteiger partial charge is 0.225 e. The molecule has 1 aliphatic rings. The number of nitrogens with one attached hydrogen (secondary N) is 1. The molecular weight excluding hydrogens is 270 g/mol. The van der Waals surface area contributed by atoms with Gasteiger partial charge in [-0.3, -0.25) is 9.59 Å². The van der Waals surface area contributed by atoms with Crippen molar-refractivity contribution in [2.24, 2.45) is 11.8 Å². The van der Waals surface area contributed by atoms with Crippen molar-refractivity contribution in [2.45, 2.75) is 40.3 Å². The standard InChI is InChI=1S/C14H23N5O2/c1-4-18-9-16-17-12(18)6-15-14(21)11-5-13(20)19(8-11)7-10(2)3/h9-11H,4-8H2,1-3H3,(H,15,21). The first kappa shape index (κ1) is 15.5. The molecule has 2 rings (SSSR count). The van der Waals surface area contributed by atoms with Gasteiger partial charge in [-0.1, -0.05) is 13.8 Å². The summed E-state index contributed by atoms with van der Waals surface area (Å²) >= 11 is 0. The number of amides is 2. The van der Waals surface area contributed by atoms with Gasteiger partial charge < -0.3 is 14.8 Å². The molecule has 1 aromatic rings. The largest absolute Gasteiger partial charge is 0.348 e. The average molecular weight is 293 g/mol. The number of aromatic nitrogens is 3. The van der Waals surface area contributed by atoms with Gasteiger partial charge in [0.1, 0.15) is 6.33 Å². The van der Waals surface area contributed by atoms with Crippen molar-refractivity contribution in [3.63, 3.8) is 0 Å². The number of hydrogen-bond donors (Lipinski definition) is 1. The number of carbonyl (C=O) groups is 2. The Bertz CT molecular complexity index is 511. The number of rotatable bonds is 6. The van der Waals surface area contributed by atoms with Crippen molar-refractivity contribution in [2.75, 3.05) is 13.1 Å². The van der Waals surface area contributed by atoms with Gasteiger partial charge >= 0.3 is 0 Å². The summed E-state index contributed by atoms with van der Waals surface area (Å²) in [7, 11) is 0. The van der Waals surface area contributed by atoms with E-state index in [1.54, 1.807) is 11.2 Å². The van der Waals surface area contributed by atoms with Crippen molar-refractivity contribution in [3.8, 4) is 0 Å². The Balaban J connectivity index is 1.86. The quantitative estimate of drug-likeness (QED) is 0.824. The fraction of sp³-hybridized carbons (Fsp3) is 0.714. The summed E-state index contributed by atoms with van der Waals surface area (Å²) in [4.78, 5) is 25.8. The molecule has 1 fully saturated rings. The number of carbonyl (C=O) groups excluding carboxylic acids is 2. The van der Waals surface area contributed by atoms with Crippen LogP contribution >= 0.6 is 0 Å². The molecule has 21 heavy (non-hydrogen) atoms. The highest BCUT2D eigenvalue weighted by molar-refractivity contribution is 5.89. The van der Waals surface area contributed by atoms with Crippen LogP contribution in [0.3, 0.4) is 0 Å². The van der Waals surface area contributed by atoms with Gasteiger partial charge in [0.15, 0.2) is 5.82 Å². The third-order valence-electron chi connectivity index (χ3n) is 3.63. The van der Waals surface area contributed by atoms with Crippen LogP contribution in [0.4, 0.5) is 0 Å². The van der Waals surface area contributed by atoms with E-state index in [0.717, 1.165) is 12.4 Å². The second kappa shape index (κ2) is 6.69. The fourth-order valence-corrected chi connectivity index (χ4v) is 2.56. The average Bonchev–Trinajstić information content (AvgIpc) is 3.02. The topological polar surface area (TPSA) is 80.1 Å². The van der Waals surface area contributed by atoms with E-state index in [1.807, 2.05) is 11.5 Å². The van der Waals surface area contributed by atoms with E-state index in [9.17, 15) is 9.59 Å². The van der Waals surface area contributed by atoms with Gasteiger partial charge in [-0.15, -0.1) is 10.2 Å². The molecule has 0 aliphatic carbocycles. The van der Waals surface area contributed by atoms with E-state index in [4.69, 9.17) is 0 Å². The Kier molecular flexibility index (Phi) is 4.93. The maximum absolute atomic E-state index is 12.2. The molecule has 1 unspecified atom stereocenters. The number of likely N-dealkylation sites (tertiary alicyclic amines) is 1. The minimum absolute atomic E-state index is 0.0700. The second-order valence-corrected chi connectivity index (χ2v) is 5.84. The van der Waals surface area contributed by atoms with Crippen LogP contribution in [0.1, 0.15) is 33.0 Å². The molecule has 1 aromatic heterocycles. The van der Waals surface area contributed by atoms with Gasteiger partial charge in [0.05, 0.1) is 12.5 Å². The highest BCUT2D eigenvalue weighted by Crippen LogP contribution is 2.19. The van der Waals surface area contributed by atoms with Gasteiger partial charge in [-0.25, -0.2) is 0 Å². The first-order valence-electron chi connectivity index (χ1n) is 7.43. The van der Waals surface area contributed by atoms with Crippen molar-refractivity contribution >= 4 is 11.8 Å². The summed E-state index contributed by atoms with van der Waals surface area (Å²) in [6.07, 6.45) is 1.95. The van der Waals surface area contributed by atoms with Gasteiger partial charge in [-0.05, 0) is 12.8 Å². The van der Waals surface area contributed by atoms with Crippen molar-refractivity contribution in [1.82, 2.24) is 25.0 Å². The summed E-state index contributed by atoms with van der Waals surface area (Å²) in [5.74, 6) is 0.878. The van der Waals surface area contributed by atoms with E-state index < -0.39 is 0 Å². The lowest BCUT2D eigenvalue weighted by Gasteiger charge is -2.18. The summed E-state index contributed by atoms with van der Waals surface area (Å²) in [5.41, 5.74) is 0. The van der Waals surface area contributed by atoms with Crippen molar-refractivity contribution in [1.29, 1.82) is 0 Å². The Morgan fingerprint density at radius 1 is 1.52 bits per heavy atom. The Morgan fingerprint density at radius 3 is 2.95 bits per heavy atom. The highest BCUT2D eigenvalue weighted by atomic mass is 16.2. The Labute approximate surface area is 124 Å². The van der Waals surface area contributed by atoms with Crippen LogP contribution in [0.15, 0.2) is 6.33 Å². The molecule has 116 valence electrons. The molecule has 2 amide bonds. The summed E-state index contributed by atoms with van der Waals surface area (Å²) in [5, 5.41) is 10.7. The molecule has 0 saturated carbocycles. The molecule has 2 heterocycles. The predicted molar refractivity (Wildman–Crippen MR) is 77.1 cm³/mol. The van der Waals surface area contributed by atoms with Gasteiger partial charge in [-0.2, -0.15) is 0 Å². The summed E-state index contributed by atoms with van der Waals surface area (Å²) in [6, 6.07) is 0. The van der Waals surface area contributed by atoms with Gasteiger partial charge in [0, 0.05) is 26.1 Å². The van der Waals surface area contributed by atoms with Crippen LogP contribution in [0.2, 0.25) is 0 Å². The molecule has 1 saturated heterocycles. The molecule has 7 nitrogen and oxygen atoms in total. The molecule has 0 aromatic carbocycles. The molecular formula is C14H23N5O2. The van der Waals surface area contributed by atoms with Gasteiger partial charge in [0.25, 0.3) is 0 Å². The zero-order valence-corrected chi connectivity index (χ0v) is 12.9. The highest BCUT2D eigenvalue weighted by Gasteiger charge is 2.34. The SMILES string of the molecule is CCn1cnnc1CNC(=O)C1CC(=O)N(CC(C)C)C1. The van der Waals surface area contributed by atoms with E-state index in [2.05, 4.69) is 29.4 Å². The number of aryl methyl sites for hydroxylation is 1. The monoisotopic (exact) mass is 293 g/mol. The fourth-order valence-electron chi connectivity index (χ4n) is 2.56. The van der Waals surface area contributed by atoms with Crippen LogP contribution < -0.4 is 5.32 Å².